The van der Waals surface area contributed by atoms with Crippen LogP contribution < -0.4 is 10.0 Å². The predicted molar refractivity (Wildman–Crippen MR) is 121 cm³/mol. The third-order valence-corrected chi connectivity index (χ3v) is 6.47. The number of sulfonamides is 1. The number of carbonyl (C=O) groups is 2. The van der Waals surface area contributed by atoms with Gasteiger partial charge in [-0.3, -0.25) is 9.59 Å². The molecule has 2 aromatic carbocycles. The molecule has 7 nitrogen and oxygen atoms in total. The minimum atomic E-state index is -3.73. The lowest BCUT2D eigenvalue weighted by atomic mass is 9.93. The van der Waals surface area contributed by atoms with E-state index in [1.165, 1.54) is 24.0 Å². The van der Waals surface area contributed by atoms with Crippen molar-refractivity contribution in [2.45, 2.75) is 50.6 Å². The molecule has 2 amide bonds. The number of rotatable bonds is 5. The summed E-state index contributed by atoms with van der Waals surface area (Å²) in [4.78, 5) is 26.5. The van der Waals surface area contributed by atoms with Crippen LogP contribution in [-0.2, 0) is 19.6 Å². The molecule has 3 rings (SSSR count). The molecule has 1 aliphatic heterocycles. The monoisotopic (exact) mass is 441 g/mol. The van der Waals surface area contributed by atoms with Crippen molar-refractivity contribution in [3.8, 4) is 0 Å². The topological polar surface area (TPSA) is 95.6 Å². The van der Waals surface area contributed by atoms with Gasteiger partial charge in [-0.2, -0.15) is 0 Å². The molecule has 0 saturated carbocycles. The van der Waals surface area contributed by atoms with E-state index in [9.17, 15) is 18.0 Å². The number of amides is 2. The van der Waals surface area contributed by atoms with E-state index in [0.29, 0.717) is 5.69 Å². The van der Waals surface area contributed by atoms with E-state index >= 15 is 0 Å². The minimum absolute atomic E-state index is 0.0398. The fourth-order valence-electron chi connectivity index (χ4n) is 3.50. The van der Waals surface area contributed by atoms with Crippen molar-refractivity contribution >= 4 is 33.6 Å². The van der Waals surface area contributed by atoms with Crippen molar-refractivity contribution in [2.24, 2.45) is 0 Å². The van der Waals surface area contributed by atoms with E-state index in [1.807, 2.05) is 30.3 Å². The molecular formula is C23H27N3O4S. The van der Waals surface area contributed by atoms with Gasteiger partial charge >= 0.3 is 0 Å². The Morgan fingerprint density at radius 2 is 1.77 bits per heavy atom. The maximum atomic E-state index is 12.8. The van der Waals surface area contributed by atoms with Crippen molar-refractivity contribution in [2.75, 3.05) is 5.32 Å². The van der Waals surface area contributed by atoms with Gasteiger partial charge < -0.3 is 10.2 Å². The zero-order valence-corrected chi connectivity index (χ0v) is 18.9. The van der Waals surface area contributed by atoms with Crippen LogP contribution in [0.5, 0.6) is 0 Å². The molecule has 2 aromatic rings. The number of hydrogen-bond donors (Lipinski definition) is 2. The van der Waals surface area contributed by atoms with Gasteiger partial charge in [0.25, 0.3) is 0 Å². The van der Waals surface area contributed by atoms with Crippen molar-refractivity contribution in [1.29, 1.82) is 0 Å². The number of nitrogens with one attached hydrogen (secondary N) is 2. The van der Waals surface area contributed by atoms with Gasteiger partial charge in [-0.05, 0) is 56.2 Å². The Balaban J connectivity index is 1.79. The average Bonchev–Trinajstić information content (AvgIpc) is 2.66. The molecule has 0 aromatic heterocycles. The summed E-state index contributed by atoms with van der Waals surface area (Å²) in [7, 11) is -3.73. The number of benzene rings is 2. The number of nitrogens with zero attached hydrogens (tertiary/aromatic N) is 1. The highest BCUT2D eigenvalue weighted by atomic mass is 32.2. The lowest BCUT2D eigenvalue weighted by Crippen LogP contribution is -2.40. The molecule has 2 N–H and O–H groups in total. The predicted octanol–water partition coefficient (Wildman–Crippen LogP) is 3.67. The second kappa shape index (κ2) is 8.64. The molecule has 0 radical (unpaired) electrons. The summed E-state index contributed by atoms with van der Waals surface area (Å²) in [5.74, 6) is -0.482. The van der Waals surface area contributed by atoms with Gasteiger partial charge in [-0.1, -0.05) is 30.3 Å². The second-order valence-electron chi connectivity index (χ2n) is 8.52. The Hall–Kier alpha value is -2.97. The third-order valence-electron chi connectivity index (χ3n) is 4.72. The highest BCUT2D eigenvalue weighted by molar-refractivity contribution is 7.89. The fourth-order valence-corrected chi connectivity index (χ4v) is 4.97. The molecule has 0 fully saturated rings. The van der Waals surface area contributed by atoms with Crippen molar-refractivity contribution in [3.05, 3.63) is 65.9 Å². The van der Waals surface area contributed by atoms with E-state index in [0.717, 1.165) is 11.1 Å². The molecule has 0 spiro atoms. The van der Waals surface area contributed by atoms with Crippen LogP contribution in [0.1, 0.15) is 51.3 Å². The maximum absolute atomic E-state index is 12.8. The van der Waals surface area contributed by atoms with Gasteiger partial charge in [0.05, 0.1) is 17.4 Å². The Kier molecular flexibility index (Phi) is 6.33. The van der Waals surface area contributed by atoms with Crippen LogP contribution >= 0.6 is 0 Å². The van der Waals surface area contributed by atoms with Crippen LogP contribution in [0.25, 0.3) is 6.08 Å². The summed E-state index contributed by atoms with van der Waals surface area (Å²) < 4.78 is 27.8. The Morgan fingerprint density at radius 3 is 2.45 bits per heavy atom. The van der Waals surface area contributed by atoms with Crippen LogP contribution in [0, 0.1) is 0 Å². The first-order valence-corrected chi connectivity index (χ1v) is 11.4. The molecule has 1 heterocycles. The molecule has 1 aliphatic rings. The Bertz CT molecular complexity index is 1130. The van der Waals surface area contributed by atoms with Crippen LogP contribution in [0.3, 0.4) is 0 Å². The van der Waals surface area contributed by atoms with Crippen LogP contribution in [0.15, 0.2) is 59.6 Å². The zero-order valence-electron chi connectivity index (χ0n) is 18.0. The van der Waals surface area contributed by atoms with Crippen molar-refractivity contribution in [3.63, 3.8) is 0 Å². The highest BCUT2D eigenvalue weighted by Crippen LogP contribution is 2.33. The molecule has 31 heavy (non-hydrogen) atoms. The largest absolute Gasteiger partial charge is 0.326 e. The maximum Gasteiger partial charge on any atom is 0.241 e. The molecule has 0 unspecified atom stereocenters. The second-order valence-corrected chi connectivity index (χ2v) is 10.2. The fraction of sp³-hybridized carbons (Fsp3) is 0.304. The van der Waals surface area contributed by atoms with Gasteiger partial charge in [-0.15, -0.1) is 0 Å². The van der Waals surface area contributed by atoms with Crippen molar-refractivity contribution in [1.82, 2.24) is 9.62 Å². The number of fused-ring (bicyclic) bond motifs is 1. The normalized spacial score (nSPS) is 16.0. The summed E-state index contributed by atoms with van der Waals surface area (Å²) in [6.45, 7) is 6.73. The highest BCUT2D eigenvalue weighted by Gasteiger charge is 2.28. The lowest BCUT2D eigenvalue weighted by molar-refractivity contribution is -0.129. The molecule has 164 valence electrons. The summed E-state index contributed by atoms with van der Waals surface area (Å²) >= 11 is 0. The molecule has 0 aliphatic carbocycles. The van der Waals surface area contributed by atoms with Crippen molar-refractivity contribution < 1.29 is 18.0 Å². The SMILES string of the molecule is CC(=O)N1C=Cc2ccccc2[C@@H]1CC(=O)Nc1cccc(S(=O)(=O)NC(C)(C)C)c1. The molecular weight excluding hydrogens is 414 g/mol. The Labute approximate surface area is 183 Å². The number of hydrogen-bond acceptors (Lipinski definition) is 4. The van der Waals surface area contributed by atoms with Gasteiger partial charge in [-0.25, -0.2) is 13.1 Å². The van der Waals surface area contributed by atoms with Gasteiger partial charge in [0.2, 0.25) is 21.8 Å². The third kappa shape index (κ3) is 5.59. The van der Waals surface area contributed by atoms with Gasteiger partial charge in [0.15, 0.2) is 0 Å². The Morgan fingerprint density at radius 1 is 1.06 bits per heavy atom. The lowest BCUT2D eigenvalue weighted by Gasteiger charge is -2.32. The summed E-state index contributed by atoms with van der Waals surface area (Å²) in [6.07, 6.45) is 3.58. The summed E-state index contributed by atoms with van der Waals surface area (Å²) in [5.41, 5.74) is 1.59. The molecule has 0 saturated heterocycles. The molecule has 0 bridgehead atoms. The minimum Gasteiger partial charge on any atom is -0.326 e. The average molecular weight is 442 g/mol. The van der Waals surface area contributed by atoms with E-state index in [1.54, 1.807) is 39.1 Å². The van der Waals surface area contributed by atoms with E-state index in [4.69, 9.17) is 0 Å². The van der Waals surface area contributed by atoms with E-state index in [2.05, 4.69) is 10.0 Å². The quantitative estimate of drug-likeness (QED) is 0.740. The first kappa shape index (κ1) is 22.7. The van der Waals surface area contributed by atoms with Gasteiger partial charge in [0, 0.05) is 24.4 Å². The van der Waals surface area contributed by atoms with Crippen LogP contribution in [0.4, 0.5) is 5.69 Å². The first-order valence-electron chi connectivity index (χ1n) is 9.96. The summed E-state index contributed by atoms with van der Waals surface area (Å²) in [6, 6.07) is 13.3. The number of anilines is 1. The molecule has 8 heteroatoms. The van der Waals surface area contributed by atoms with E-state index < -0.39 is 21.6 Å². The number of carbonyl (C=O) groups excluding carboxylic acids is 2. The zero-order chi connectivity index (χ0) is 22.8. The first-order chi connectivity index (χ1) is 14.5. The van der Waals surface area contributed by atoms with E-state index in [-0.39, 0.29) is 23.1 Å². The van der Waals surface area contributed by atoms with Gasteiger partial charge in [0.1, 0.15) is 0 Å². The molecule has 1 atom stereocenters. The summed E-state index contributed by atoms with van der Waals surface area (Å²) in [5, 5.41) is 2.76. The van der Waals surface area contributed by atoms with Crippen LogP contribution in [0.2, 0.25) is 0 Å². The van der Waals surface area contributed by atoms with Crippen LogP contribution in [-0.4, -0.2) is 30.7 Å². The standard InChI is InChI=1S/C23H27N3O4S/c1-16(27)26-13-12-17-8-5-6-11-20(17)21(26)15-22(28)24-18-9-7-10-19(14-18)31(29,30)25-23(2,3)4/h5-14,21,25H,15H2,1-4H3,(H,24,28)/t21-/m0/s1. The smallest absolute Gasteiger partial charge is 0.241 e.